The van der Waals surface area contributed by atoms with Gasteiger partial charge in [-0.1, -0.05) is 26.0 Å². The van der Waals surface area contributed by atoms with E-state index in [4.69, 9.17) is 9.47 Å². The van der Waals surface area contributed by atoms with Crippen molar-refractivity contribution in [1.29, 1.82) is 0 Å². The first-order valence-corrected chi connectivity index (χ1v) is 6.53. The van der Waals surface area contributed by atoms with Crippen LogP contribution in [0.15, 0.2) is 30.4 Å². The van der Waals surface area contributed by atoms with Gasteiger partial charge in [0.2, 0.25) is 0 Å². The Bertz CT molecular complexity index is 463. The number of hydrogen-bond donors (Lipinski definition) is 0. The van der Waals surface area contributed by atoms with E-state index in [1.807, 2.05) is 26.8 Å². The number of hydrogen-bond acceptors (Lipinski definition) is 3. The highest BCUT2D eigenvalue weighted by Gasteiger charge is 2.16. The molecule has 3 heteroatoms. The summed E-state index contributed by atoms with van der Waals surface area (Å²) < 4.78 is 10.6. The SMILES string of the molecule is C=C(C)[C@H](C)c1cc(OC)ccc1OC(=O)CCC. The van der Waals surface area contributed by atoms with Crippen LogP contribution in [0.4, 0.5) is 0 Å². The van der Waals surface area contributed by atoms with Crippen molar-refractivity contribution in [1.82, 2.24) is 0 Å². The van der Waals surface area contributed by atoms with Crippen molar-refractivity contribution in [2.24, 2.45) is 0 Å². The summed E-state index contributed by atoms with van der Waals surface area (Å²) in [4.78, 5) is 11.6. The normalized spacial score (nSPS) is 11.8. The van der Waals surface area contributed by atoms with E-state index in [0.29, 0.717) is 12.2 Å². The van der Waals surface area contributed by atoms with E-state index in [1.54, 1.807) is 19.2 Å². The molecule has 1 aromatic rings. The minimum absolute atomic E-state index is 0.111. The van der Waals surface area contributed by atoms with E-state index in [9.17, 15) is 4.79 Å². The fraction of sp³-hybridized carbons (Fsp3) is 0.438. The molecular weight excluding hydrogens is 240 g/mol. The Hall–Kier alpha value is -1.77. The molecule has 104 valence electrons. The van der Waals surface area contributed by atoms with E-state index in [-0.39, 0.29) is 11.9 Å². The number of benzene rings is 1. The lowest BCUT2D eigenvalue weighted by Crippen LogP contribution is -2.10. The van der Waals surface area contributed by atoms with Crippen molar-refractivity contribution in [2.75, 3.05) is 7.11 Å². The Morgan fingerprint density at radius 1 is 1.42 bits per heavy atom. The highest BCUT2D eigenvalue weighted by molar-refractivity contribution is 5.73. The third-order valence-corrected chi connectivity index (χ3v) is 3.10. The predicted octanol–water partition coefficient (Wildman–Crippen LogP) is 4.08. The molecule has 0 spiro atoms. The van der Waals surface area contributed by atoms with Gasteiger partial charge < -0.3 is 9.47 Å². The first-order chi connectivity index (χ1) is 8.99. The van der Waals surface area contributed by atoms with Crippen molar-refractivity contribution in [3.63, 3.8) is 0 Å². The van der Waals surface area contributed by atoms with Gasteiger partial charge in [-0.15, -0.1) is 0 Å². The highest BCUT2D eigenvalue weighted by Crippen LogP contribution is 2.34. The van der Waals surface area contributed by atoms with Crippen LogP contribution in [0.25, 0.3) is 0 Å². The van der Waals surface area contributed by atoms with Gasteiger partial charge in [-0.2, -0.15) is 0 Å². The second kappa shape index (κ2) is 6.98. The van der Waals surface area contributed by atoms with Crippen LogP contribution in [0, 0.1) is 0 Å². The molecule has 0 bridgehead atoms. The van der Waals surface area contributed by atoms with Gasteiger partial charge in [0, 0.05) is 17.9 Å². The maximum absolute atomic E-state index is 11.6. The quantitative estimate of drug-likeness (QED) is 0.440. The Morgan fingerprint density at radius 3 is 2.63 bits per heavy atom. The van der Waals surface area contributed by atoms with Crippen LogP contribution in [0.3, 0.4) is 0 Å². The van der Waals surface area contributed by atoms with Crippen molar-refractivity contribution in [3.8, 4) is 11.5 Å². The topological polar surface area (TPSA) is 35.5 Å². The van der Waals surface area contributed by atoms with E-state index in [0.717, 1.165) is 23.3 Å². The Labute approximate surface area is 115 Å². The van der Waals surface area contributed by atoms with Gasteiger partial charge in [0.15, 0.2) is 0 Å². The summed E-state index contributed by atoms with van der Waals surface area (Å²) in [6.45, 7) is 9.91. The summed E-state index contributed by atoms with van der Waals surface area (Å²) in [6.07, 6.45) is 1.20. The van der Waals surface area contributed by atoms with Crippen LogP contribution < -0.4 is 9.47 Å². The van der Waals surface area contributed by atoms with Crippen LogP contribution in [0.2, 0.25) is 0 Å². The smallest absolute Gasteiger partial charge is 0.311 e. The molecule has 0 heterocycles. The van der Waals surface area contributed by atoms with Crippen molar-refractivity contribution < 1.29 is 14.3 Å². The lowest BCUT2D eigenvalue weighted by atomic mass is 9.94. The van der Waals surface area contributed by atoms with Gasteiger partial charge in [0.25, 0.3) is 0 Å². The minimum atomic E-state index is -0.206. The Morgan fingerprint density at radius 2 is 2.11 bits per heavy atom. The van der Waals surface area contributed by atoms with Crippen LogP contribution >= 0.6 is 0 Å². The highest BCUT2D eigenvalue weighted by atomic mass is 16.5. The number of allylic oxidation sites excluding steroid dienone is 1. The monoisotopic (exact) mass is 262 g/mol. The van der Waals surface area contributed by atoms with Crippen LogP contribution in [-0.4, -0.2) is 13.1 Å². The molecular formula is C16H22O3. The molecule has 0 aliphatic rings. The summed E-state index contributed by atoms with van der Waals surface area (Å²) in [5, 5.41) is 0. The Kier molecular flexibility index (Phi) is 5.61. The lowest BCUT2D eigenvalue weighted by molar-refractivity contribution is -0.134. The molecule has 1 rings (SSSR count). The summed E-state index contributed by atoms with van der Waals surface area (Å²) >= 11 is 0. The Balaban J connectivity index is 3.08. The van der Waals surface area contributed by atoms with Gasteiger partial charge in [-0.3, -0.25) is 4.79 Å². The fourth-order valence-electron chi connectivity index (χ4n) is 1.73. The third kappa shape index (κ3) is 4.12. The zero-order valence-electron chi connectivity index (χ0n) is 12.2. The van der Waals surface area contributed by atoms with Gasteiger partial charge >= 0.3 is 5.97 Å². The summed E-state index contributed by atoms with van der Waals surface area (Å²) in [5.74, 6) is 1.25. The number of methoxy groups -OCH3 is 1. The van der Waals surface area contributed by atoms with Gasteiger partial charge in [0.05, 0.1) is 7.11 Å². The summed E-state index contributed by atoms with van der Waals surface area (Å²) in [5.41, 5.74) is 1.94. The third-order valence-electron chi connectivity index (χ3n) is 3.10. The maximum Gasteiger partial charge on any atom is 0.311 e. The molecule has 0 fully saturated rings. The van der Waals surface area contributed by atoms with E-state index in [2.05, 4.69) is 6.58 Å². The summed E-state index contributed by atoms with van der Waals surface area (Å²) in [7, 11) is 1.62. The van der Waals surface area contributed by atoms with Gasteiger partial charge in [-0.05, 0) is 31.5 Å². The first-order valence-electron chi connectivity index (χ1n) is 6.53. The molecule has 0 amide bonds. The van der Waals surface area contributed by atoms with Crippen LogP contribution in [-0.2, 0) is 4.79 Å². The van der Waals surface area contributed by atoms with E-state index < -0.39 is 0 Å². The number of esters is 1. The second-order valence-corrected chi connectivity index (χ2v) is 4.70. The largest absolute Gasteiger partial charge is 0.497 e. The molecule has 1 atom stereocenters. The van der Waals surface area contributed by atoms with Gasteiger partial charge in [0.1, 0.15) is 11.5 Å². The number of rotatable bonds is 6. The average molecular weight is 262 g/mol. The van der Waals surface area contributed by atoms with Crippen molar-refractivity contribution >= 4 is 5.97 Å². The molecule has 0 N–H and O–H groups in total. The molecule has 0 aliphatic carbocycles. The van der Waals surface area contributed by atoms with E-state index >= 15 is 0 Å². The van der Waals surface area contributed by atoms with E-state index in [1.165, 1.54) is 0 Å². The van der Waals surface area contributed by atoms with Crippen molar-refractivity contribution in [3.05, 3.63) is 35.9 Å². The van der Waals surface area contributed by atoms with Crippen molar-refractivity contribution in [2.45, 2.75) is 39.5 Å². The molecule has 3 nitrogen and oxygen atoms in total. The number of carbonyl (C=O) groups is 1. The van der Waals surface area contributed by atoms with Crippen LogP contribution in [0.5, 0.6) is 11.5 Å². The summed E-state index contributed by atoms with van der Waals surface area (Å²) in [6, 6.07) is 5.47. The number of carbonyl (C=O) groups excluding carboxylic acids is 1. The molecule has 0 radical (unpaired) electrons. The standard InChI is InChI=1S/C16H22O3/c1-6-7-16(17)19-15-9-8-13(18-5)10-14(15)12(4)11(2)3/h8-10,12H,2,6-7H2,1,3-5H3/t12-/m0/s1. The van der Waals surface area contributed by atoms with Gasteiger partial charge in [-0.25, -0.2) is 0 Å². The lowest BCUT2D eigenvalue weighted by Gasteiger charge is -2.17. The zero-order valence-corrected chi connectivity index (χ0v) is 12.2. The minimum Gasteiger partial charge on any atom is -0.497 e. The predicted molar refractivity (Wildman–Crippen MR) is 76.8 cm³/mol. The molecule has 0 saturated carbocycles. The maximum atomic E-state index is 11.6. The molecule has 19 heavy (non-hydrogen) atoms. The molecule has 0 saturated heterocycles. The average Bonchev–Trinajstić information content (AvgIpc) is 2.38. The zero-order chi connectivity index (χ0) is 14.4. The number of ether oxygens (including phenoxy) is 2. The molecule has 0 aliphatic heterocycles. The first kappa shape index (κ1) is 15.3. The molecule has 0 unspecified atom stereocenters. The fourth-order valence-corrected chi connectivity index (χ4v) is 1.73. The van der Waals surface area contributed by atoms with Crippen LogP contribution in [0.1, 0.15) is 45.1 Å². The molecule has 0 aromatic heterocycles. The second-order valence-electron chi connectivity index (χ2n) is 4.70. The molecule has 1 aromatic carbocycles.